The number of hydrogen-bond donors (Lipinski definition) is 7. The molecule has 0 saturated carbocycles. The molecule has 154 valence electrons. The Kier molecular flexibility index (Phi) is 6.02. The SMILES string of the molecule is NC(N)=[NH+]CCCn1cc2c(nc1=O)Nc1c(OCC[NH+]=C(N)N)cccc1O2. The normalized spacial score (nSPS) is 11.3. The summed E-state index contributed by atoms with van der Waals surface area (Å²) >= 11 is 0. The Bertz CT molecular complexity index is 992. The van der Waals surface area contributed by atoms with E-state index < -0.39 is 5.69 Å². The van der Waals surface area contributed by atoms with Crippen LogP contribution in [0.25, 0.3) is 0 Å². The van der Waals surface area contributed by atoms with Crippen molar-refractivity contribution in [3.05, 3.63) is 34.9 Å². The van der Waals surface area contributed by atoms with Gasteiger partial charge in [0.15, 0.2) is 17.3 Å². The van der Waals surface area contributed by atoms with Crippen molar-refractivity contribution >= 4 is 23.4 Å². The van der Waals surface area contributed by atoms with Crippen LogP contribution in [0.2, 0.25) is 0 Å². The molecule has 2 heterocycles. The Hall–Kier alpha value is -3.96. The number of fused-ring (bicyclic) bond motifs is 2. The summed E-state index contributed by atoms with van der Waals surface area (Å²) in [6.45, 7) is 1.75. The molecular formula is C17H25N9O3+2. The fraction of sp³-hybridized carbons (Fsp3) is 0.294. The highest BCUT2D eigenvalue weighted by molar-refractivity contribution is 5.77. The second-order valence-electron chi connectivity index (χ2n) is 6.25. The van der Waals surface area contributed by atoms with E-state index in [1.54, 1.807) is 24.4 Å². The number of rotatable bonds is 8. The van der Waals surface area contributed by atoms with E-state index in [-0.39, 0.29) is 11.9 Å². The number of benzene rings is 1. The first kappa shape index (κ1) is 19.8. The van der Waals surface area contributed by atoms with Gasteiger partial charge in [0.1, 0.15) is 18.0 Å². The van der Waals surface area contributed by atoms with Crippen LogP contribution >= 0.6 is 0 Å². The number of nitrogens with two attached hydrogens (primary N) is 4. The molecule has 1 aliphatic heterocycles. The van der Waals surface area contributed by atoms with Crippen LogP contribution in [0.4, 0.5) is 11.5 Å². The first-order valence-corrected chi connectivity index (χ1v) is 8.99. The van der Waals surface area contributed by atoms with E-state index in [0.29, 0.717) is 61.4 Å². The van der Waals surface area contributed by atoms with Gasteiger partial charge in [-0.2, -0.15) is 4.98 Å². The summed E-state index contributed by atoms with van der Waals surface area (Å²) in [5, 5.41) is 3.11. The number of nitrogens with one attached hydrogen (secondary N) is 3. The van der Waals surface area contributed by atoms with Crippen molar-refractivity contribution in [2.75, 3.05) is 25.0 Å². The molecule has 1 aromatic carbocycles. The van der Waals surface area contributed by atoms with E-state index >= 15 is 0 Å². The van der Waals surface area contributed by atoms with Crippen molar-refractivity contribution in [3.8, 4) is 17.2 Å². The lowest BCUT2D eigenvalue weighted by Gasteiger charge is -2.23. The predicted molar refractivity (Wildman–Crippen MR) is 107 cm³/mol. The van der Waals surface area contributed by atoms with Gasteiger partial charge in [-0.3, -0.25) is 37.5 Å². The third kappa shape index (κ3) is 5.06. The second kappa shape index (κ2) is 8.82. The largest absolute Gasteiger partial charge is 0.488 e. The topological polar surface area (TPSA) is 197 Å². The van der Waals surface area contributed by atoms with E-state index in [4.69, 9.17) is 32.4 Å². The molecule has 2 aromatic rings. The fourth-order valence-corrected chi connectivity index (χ4v) is 2.71. The molecule has 1 aliphatic rings. The lowest BCUT2D eigenvalue weighted by Crippen LogP contribution is -2.79. The molecular weight excluding hydrogens is 378 g/mol. The number of guanidine groups is 2. The maximum atomic E-state index is 12.3. The summed E-state index contributed by atoms with van der Waals surface area (Å²) in [5.41, 5.74) is 21.6. The van der Waals surface area contributed by atoms with E-state index in [9.17, 15) is 4.79 Å². The molecule has 0 spiro atoms. The number of hydrogen-bond acceptors (Lipinski definition) is 5. The Morgan fingerprint density at radius 1 is 1.14 bits per heavy atom. The third-order valence-corrected chi connectivity index (χ3v) is 4.00. The highest BCUT2D eigenvalue weighted by Crippen LogP contribution is 2.44. The summed E-state index contributed by atoms with van der Waals surface area (Å²) in [5.74, 6) is 2.15. The number of ether oxygens (including phenoxy) is 2. The minimum Gasteiger partial charge on any atom is -0.488 e. The molecule has 29 heavy (non-hydrogen) atoms. The molecule has 12 nitrogen and oxygen atoms in total. The van der Waals surface area contributed by atoms with Gasteiger partial charge in [-0.15, -0.1) is 0 Å². The van der Waals surface area contributed by atoms with Crippen LogP contribution in [0, 0.1) is 0 Å². The van der Waals surface area contributed by atoms with Crippen LogP contribution in [-0.4, -0.2) is 41.2 Å². The summed E-state index contributed by atoms with van der Waals surface area (Å²) in [4.78, 5) is 22.0. The molecule has 1 aromatic heterocycles. The van der Waals surface area contributed by atoms with Crippen molar-refractivity contribution in [2.45, 2.75) is 13.0 Å². The third-order valence-electron chi connectivity index (χ3n) is 4.00. The average molecular weight is 403 g/mol. The highest BCUT2D eigenvalue weighted by Gasteiger charge is 2.22. The molecule has 0 fully saturated rings. The number of aromatic nitrogens is 2. The molecule has 0 aliphatic carbocycles. The van der Waals surface area contributed by atoms with Crippen molar-refractivity contribution in [3.63, 3.8) is 0 Å². The van der Waals surface area contributed by atoms with Gasteiger partial charge in [-0.05, 0) is 18.6 Å². The first-order chi connectivity index (χ1) is 13.9. The molecule has 3 rings (SSSR count). The van der Waals surface area contributed by atoms with E-state index in [2.05, 4.69) is 20.3 Å². The number of anilines is 2. The Morgan fingerprint density at radius 3 is 2.66 bits per heavy atom. The van der Waals surface area contributed by atoms with Crippen LogP contribution < -0.4 is 53.4 Å². The van der Waals surface area contributed by atoms with Gasteiger partial charge in [0.25, 0.3) is 0 Å². The fourth-order valence-electron chi connectivity index (χ4n) is 2.71. The van der Waals surface area contributed by atoms with Crippen LogP contribution in [0.5, 0.6) is 17.2 Å². The minimum absolute atomic E-state index is 0.125. The van der Waals surface area contributed by atoms with Crippen LogP contribution in [0.1, 0.15) is 6.42 Å². The molecule has 0 unspecified atom stereocenters. The summed E-state index contributed by atoms with van der Waals surface area (Å²) in [6.07, 6.45) is 2.26. The van der Waals surface area contributed by atoms with Crippen molar-refractivity contribution in [1.82, 2.24) is 9.55 Å². The molecule has 0 bridgehead atoms. The Labute approximate surface area is 166 Å². The molecule has 0 atom stereocenters. The number of para-hydroxylation sites is 1. The Morgan fingerprint density at radius 2 is 1.90 bits per heavy atom. The lowest BCUT2D eigenvalue weighted by molar-refractivity contribution is -0.461. The quantitative estimate of drug-likeness (QED) is 0.110. The van der Waals surface area contributed by atoms with Gasteiger partial charge in [0, 0.05) is 6.54 Å². The van der Waals surface area contributed by atoms with Gasteiger partial charge in [-0.25, -0.2) is 4.79 Å². The average Bonchev–Trinajstić information content (AvgIpc) is 2.67. The van der Waals surface area contributed by atoms with Crippen molar-refractivity contribution in [1.29, 1.82) is 0 Å². The predicted octanol–water partition coefficient (Wildman–Crippen LogP) is -4.43. The summed E-state index contributed by atoms with van der Waals surface area (Å²) < 4.78 is 13.1. The van der Waals surface area contributed by atoms with Gasteiger partial charge in [0.2, 0.25) is 0 Å². The van der Waals surface area contributed by atoms with Gasteiger partial charge in [0.05, 0.1) is 19.3 Å². The van der Waals surface area contributed by atoms with Crippen LogP contribution in [0.3, 0.4) is 0 Å². The van der Waals surface area contributed by atoms with Crippen LogP contribution in [0.15, 0.2) is 29.2 Å². The standard InChI is InChI=1S/C17H23N9O3/c18-15(19)22-5-2-7-26-9-12-14(25-17(26)27)24-13-10(3-1-4-11(13)29-12)28-8-6-23-16(20)21/h1,3-4,9H,2,5-8H2,(H4,18,19,22)(H4,20,21,23)(H,24,25,27)/p+2. The second-order valence-corrected chi connectivity index (χ2v) is 6.25. The minimum atomic E-state index is -0.399. The Balaban J connectivity index is 1.73. The zero-order valence-corrected chi connectivity index (χ0v) is 15.8. The summed E-state index contributed by atoms with van der Waals surface area (Å²) in [7, 11) is 0. The van der Waals surface area contributed by atoms with E-state index in [1.807, 2.05) is 0 Å². The maximum Gasteiger partial charge on any atom is 0.349 e. The highest BCUT2D eigenvalue weighted by atomic mass is 16.5. The monoisotopic (exact) mass is 403 g/mol. The number of aryl methyl sites for hydroxylation is 1. The van der Waals surface area contributed by atoms with E-state index in [0.717, 1.165) is 0 Å². The zero-order chi connectivity index (χ0) is 20.8. The molecule has 0 amide bonds. The van der Waals surface area contributed by atoms with E-state index in [1.165, 1.54) is 4.57 Å². The molecule has 11 N–H and O–H groups in total. The smallest absolute Gasteiger partial charge is 0.349 e. The molecule has 0 saturated heterocycles. The van der Waals surface area contributed by atoms with Crippen LogP contribution in [-0.2, 0) is 6.54 Å². The van der Waals surface area contributed by atoms with Crippen molar-refractivity contribution in [2.24, 2.45) is 22.9 Å². The van der Waals surface area contributed by atoms with Gasteiger partial charge >= 0.3 is 17.6 Å². The zero-order valence-electron chi connectivity index (χ0n) is 15.8. The number of nitrogens with zero attached hydrogens (tertiary/aromatic N) is 2. The maximum absolute atomic E-state index is 12.3. The lowest BCUT2D eigenvalue weighted by atomic mass is 10.2. The van der Waals surface area contributed by atoms with Gasteiger partial charge in [-0.1, -0.05) is 6.07 Å². The molecule has 12 heteroatoms. The van der Waals surface area contributed by atoms with Crippen molar-refractivity contribution < 1.29 is 19.5 Å². The molecule has 0 radical (unpaired) electrons. The van der Waals surface area contributed by atoms with Gasteiger partial charge < -0.3 is 14.8 Å². The summed E-state index contributed by atoms with van der Waals surface area (Å²) in [6, 6.07) is 5.38. The first-order valence-electron chi connectivity index (χ1n) is 8.99.